The lowest BCUT2D eigenvalue weighted by atomic mass is 9.95. The van der Waals surface area contributed by atoms with Crippen LogP contribution in [0.15, 0.2) is 70.5 Å². The molecule has 3 aromatic rings. The number of rotatable bonds is 4. The van der Waals surface area contributed by atoms with Gasteiger partial charge in [-0.25, -0.2) is 8.42 Å². The van der Waals surface area contributed by atoms with E-state index in [1.54, 1.807) is 6.07 Å². The molecule has 3 aromatic carbocycles. The Labute approximate surface area is 173 Å². The van der Waals surface area contributed by atoms with E-state index >= 15 is 0 Å². The summed E-state index contributed by atoms with van der Waals surface area (Å²) in [6.07, 6.45) is 2.95. The van der Waals surface area contributed by atoms with E-state index in [0.717, 1.165) is 27.7 Å². The fraction of sp³-hybridized carbons (Fsp3) is 0.250. The van der Waals surface area contributed by atoms with Crippen LogP contribution in [0.2, 0.25) is 0 Å². The predicted molar refractivity (Wildman–Crippen MR) is 122 cm³/mol. The van der Waals surface area contributed by atoms with Crippen molar-refractivity contribution in [2.45, 2.75) is 17.7 Å². The minimum absolute atomic E-state index is 0.386. The highest BCUT2D eigenvalue weighted by Gasteiger charge is 2.27. The second-order valence-electron chi connectivity index (χ2n) is 7.89. The lowest BCUT2D eigenvalue weighted by Crippen LogP contribution is -2.17. The molecule has 0 saturated heterocycles. The number of hydrogen-bond donors (Lipinski definition) is 0. The Bertz CT molecular complexity index is 1220. The van der Waals surface area contributed by atoms with Crippen LogP contribution in [0.3, 0.4) is 0 Å². The first-order valence-electron chi connectivity index (χ1n) is 9.72. The maximum absolute atomic E-state index is 13.6. The number of nitrogens with zero attached hydrogens (tertiary/aromatic N) is 2. The lowest BCUT2D eigenvalue weighted by Gasteiger charge is -2.24. The highest BCUT2D eigenvalue weighted by atomic mass is 32.2. The molecular formula is C24H26N2O2S. The molecule has 150 valence electrons. The summed E-state index contributed by atoms with van der Waals surface area (Å²) in [5.41, 5.74) is 4.46. The maximum Gasteiger partial charge on any atom is 0.203 e. The van der Waals surface area contributed by atoms with E-state index in [9.17, 15) is 8.42 Å². The SMILES string of the molecule is CN(C)c1cccc2c1CC=C(S(=O)(=O)c1cccc3c(N(C)C)cccc13)C2. The summed E-state index contributed by atoms with van der Waals surface area (Å²) < 4.78 is 27.2. The van der Waals surface area contributed by atoms with Crippen molar-refractivity contribution in [1.29, 1.82) is 0 Å². The van der Waals surface area contributed by atoms with E-state index in [1.165, 1.54) is 5.56 Å². The Kier molecular flexibility index (Phi) is 4.87. The zero-order valence-corrected chi connectivity index (χ0v) is 18.1. The molecule has 0 unspecified atom stereocenters. The number of benzene rings is 3. The topological polar surface area (TPSA) is 40.6 Å². The summed E-state index contributed by atoms with van der Waals surface area (Å²) in [5, 5.41) is 1.72. The number of hydrogen-bond acceptors (Lipinski definition) is 4. The molecule has 0 bridgehead atoms. The van der Waals surface area contributed by atoms with Crippen molar-refractivity contribution in [3.05, 3.63) is 76.7 Å². The van der Waals surface area contributed by atoms with Gasteiger partial charge >= 0.3 is 0 Å². The second-order valence-corrected chi connectivity index (χ2v) is 9.86. The van der Waals surface area contributed by atoms with E-state index in [0.29, 0.717) is 22.6 Å². The van der Waals surface area contributed by atoms with E-state index in [1.807, 2.05) is 81.6 Å². The highest BCUT2D eigenvalue weighted by molar-refractivity contribution is 7.95. The van der Waals surface area contributed by atoms with Crippen LogP contribution in [0.4, 0.5) is 11.4 Å². The summed E-state index contributed by atoms with van der Waals surface area (Å²) in [7, 11) is 4.40. The molecule has 5 heteroatoms. The van der Waals surface area contributed by atoms with Crippen molar-refractivity contribution in [2.75, 3.05) is 38.0 Å². The van der Waals surface area contributed by atoms with Crippen molar-refractivity contribution in [2.24, 2.45) is 0 Å². The molecule has 0 spiro atoms. The van der Waals surface area contributed by atoms with Crippen LogP contribution in [0, 0.1) is 0 Å². The molecule has 1 aliphatic carbocycles. The first-order chi connectivity index (χ1) is 13.8. The molecule has 0 radical (unpaired) electrons. The van der Waals surface area contributed by atoms with Gasteiger partial charge in [-0.3, -0.25) is 0 Å². The maximum atomic E-state index is 13.6. The Morgan fingerprint density at radius 3 is 2.10 bits per heavy atom. The molecular weight excluding hydrogens is 380 g/mol. The van der Waals surface area contributed by atoms with Crippen molar-refractivity contribution < 1.29 is 8.42 Å². The van der Waals surface area contributed by atoms with Gasteiger partial charge in [0, 0.05) is 61.7 Å². The number of fused-ring (bicyclic) bond motifs is 2. The van der Waals surface area contributed by atoms with Gasteiger partial charge in [0.05, 0.1) is 4.90 Å². The third kappa shape index (κ3) is 3.29. The largest absolute Gasteiger partial charge is 0.377 e. The van der Waals surface area contributed by atoms with Gasteiger partial charge in [-0.05, 0) is 35.7 Å². The molecule has 1 aliphatic rings. The van der Waals surface area contributed by atoms with Crippen LogP contribution >= 0.6 is 0 Å². The van der Waals surface area contributed by atoms with Gasteiger partial charge in [-0.15, -0.1) is 0 Å². The molecule has 0 aliphatic heterocycles. The quantitative estimate of drug-likeness (QED) is 0.643. The molecule has 0 fully saturated rings. The van der Waals surface area contributed by atoms with Crippen LogP contribution in [0.25, 0.3) is 10.8 Å². The van der Waals surface area contributed by atoms with Gasteiger partial charge in [0.25, 0.3) is 0 Å². The van der Waals surface area contributed by atoms with Crippen LogP contribution < -0.4 is 9.80 Å². The van der Waals surface area contributed by atoms with Crippen molar-refractivity contribution in [3.63, 3.8) is 0 Å². The summed E-state index contributed by atoms with van der Waals surface area (Å²) >= 11 is 0. The standard InChI is InChI=1S/C24H26N2O2S/c1-25(2)22-11-5-8-17-16-18(14-15-19(17)22)29(27,28)24-13-7-9-20-21(24)10-6-12-23(20)26(3)4/h5-14H,15-16H2,1-4H3. The average molecular weight is 407 g/mol. The predicted octanol–water partition coefficient (Wildman–Crippen LogP) is 4.43. The summed E-state index contributed by atoms with van der Waals surface area (Å²) in [5.74, 6) is 0. The summed E-state index contributed by atoms with van der Waals surface area (Å²) in [4.78, 5) is 4.97. The van der Waals surface area contributed by atoms with Gasteiger partial charge in [-0.2, -0.15) is 0 Å². The third-order valence-electron chi connectivity index (χ3n) is 5.60. The molecule has 0 saturated carbocycles. The van der Waals surface area contributed by atoms with Crippen LogP contribution in [0.1, 0.15) is 11.1 Å². The van der Waals surface area contributed by atoms with E-state index in [4.69, 9.17) is 0 Å². The Morgan fingerprint density at radius 1 is 0.759 bits per heavy atom. The lowest BCUT2D eigenvalue weighted by molar-refractivity contribution is 0.601. The van der Waals surface area contributed by atoms with Crippen molar-refractivity contribution in [3.8, 4) is 0 Å². The smallest absolute Gasteiger partial charge is 0.203 e. The van der Waals surface area contributed by atoms with E-state index in [2.05, 4.69) is 11.0 Å². The van der Waals surface area contributed by atoms with Crippen LogP contribution in [0.5, 0.6) is 0 Å². The molecule has 0 N–H and O–H groups in total. The van der Waals surface area contributed by atoms with E-state index < -0.39 is 9.84 Å². The number of anilines is 2. The highest BCUT2D eigenvalue weighted by Crippen LogP contribution is 2.36. The minimum atomic E-state index is -3.58. The average Bonchev–Trinajstić information content (AvgIpc) is 2.71. The Morgan fingerprint density at radius 2 is 1.38 bits per heavy atom. The molecule has 0 aromatic heterocycles. The Hall–Kier alpha value is -2.79. The monoisotopic (exact) mass is 406 g/mol. The molecule has 0 amide bonds. The summed E-state index contributed by atoms with van der Waals surface area (Å²) in [6, 6.07) is 17.5. The normalized spacial score (nSPS) is 13.7. The van der Waals surface area contributed by atoms with Gasteiger partial charge in [0.2, 0.25) is 9.84 Å². The van der Waals surface area contributed by atoms with Crippen LogP contribution in [-0.4, -0.2) is 36.6 Å². The molecule has 4 rings (SSSR count). The third-order valence-corrected chi connectivity index (χ3v) is 7.54. The zero-order valence-electron chi connectivity index (χ0n) is 17.3. The van der Waals surface area contributed by atoms with Gasteiger partial charge in [-0.1, -0.05) is 42.5 Å². The zero-order chi connectivity index (χ0) is 20.8. The molecule has 0 heterocycles. The van der Waals surface area contributed by atoms with Gasteiger partial charge in [0.1, 0.15) is 0 Å². The minimum Gasteiger partial charge on any atom is -0.377 e. The molecule has 4 nitrogen and oxygen atoms in total. The van der Waals surface area contributed by atoms with Crippen molar-refractivity contribution in [1.82, 2.24) is 0 Å². The molecule has 29 heavy (non-hydrogen) atoms. The first kappa shape index (κ1) is 19.5. The van der Waals surface area contributed by atoms with Gasteiger partial charge in [0.15, 0.2) is 0 Å². The molecule has 0 atom stereocenters. The van der Waals surface area contributed by atoms with E-state index in [-0.39, 0.29) is 0 Å². The van der Waals surface area contributed by atoms with Gasteiger partial charge < -0.3 is 9.80 Å². The second kappa shape index (κ2) is 7.23. The number of sulfone groups is 1. The van der Waals surface area contributed by atoms with Crippen LogP contribution in [-0.2, 0) is 22.7 Å². The fourth-order valence-electron chi connectivity index (χ4n) is 4.15. The number of allylic oxidation sites excluding steroid dienone is 2. The Balaban J connectivity index is 1.81. The summed E-state index contributed by atoms with van der Waals surface area (Å²) in [6.45, 7) is 0. The van der Waals surface area contributed by atoms with Crippen molar-refractivity contribution >= 4 is 32.0 Å². The fourth-order valence-corrected chi connectivity index (χ4v) is 5.81. The first-order valence-corrected chi connectivity index (χ1v) is 11.2.